The van der Waals surface area contributed by atoms with E-state index in [1.54, 1.807) is 4.90 Å². The molecule has 9 nitrogen and oxygen atoms in total. The molecule has 40 heavy (non-hydrogen) atoms. The van der Waals surface area contributed by atoms with E-state index in [0.29, 0.717) is 45.3 Å². The summed E-state index contributed by atoms with van der Waals surface area (Å²) >= 11 is 0. The van der Waals surface area contributed by atoms with Crippen LogP contribution in [0.3, 0.4) is 0 Å². The minimum Gasteiger partial charge on any atom is -0.462 e. The number of ether oxygens (including phenoxy) is 2. The molecule has 5 rings (SSSR count). The Hall–Kier alpha value is -4.00. The van der Waals surface area contributed by atoms with Gasteiger partial charge in [0.15, 0.2) is 0 Å². The Kier molecular flexibility index (Phi) is 8.29. The number of carbonyl (C=O) groups is 1. The number of carbonyl (C=O) groups excluding carboxylic acids is 1. The van der Waals surface area contributed by atoms with Gasteiger partial charge >= 0.3 is 6.01 Å². The van der Waals surface area contributed by atoms with Crippen LogP contribution in [0.5, 0.6) is 6.01 Å². The van der Waals surface area contributed by atoms with Crippen LogP contribution >= 0.6 is 0 Å². The molecule has 0 spiro atoms. The van der Waals surface area contributed by atoms with Gasteiger partial charge in [0.1, 0.15) is 18.5 Å². The summed E-state index contributed by atoms with van der Waals surface area (Å²) in [6.07, 6.45) is 1.77. The number of anilines is 1. The monoisotopic (exact) mass is 540 g/mol. The van der Waals surface area contributed by atoms with Gasteiger partial charge in [-0.25, -0.2) is 6.57 Å². The zero-order valence-electron chi connectivity index (χ0n) is 23.4. The number of rotatable bonds is 8. The first-order chi connectivity index (χ1) is 19.4. The summed E-state index contributed by atoms with van der Waals surface area (Å²) in [5.74, 6) is 0.607. The molecule has 0 saturated carbocycles. The Bertz CT molecular complexity index is 1430. The molecule has 1 fully saturated rings. The van der Waals surface area contributed by atoms with Gasteiger partial charge in [-0.2, -0.15) is 9.97 Å². The minimum atomic E-state index is -0.256. The fourth-order valence-corrected chi connectivity index (χ4v) is 5.35. The highest BCUT2D eigenvalue weighted by Crippen LogP contribution is 2.37. The molecule has 208 valence electrons. The Balaban J connectivity index is 1.49. The van der Waals surface area contributed by atoms with Gasteiger partial charge in [-0.1, -0.05) is 49.0 Å². The number of likely N-dealkylation sites (N-methyl/N-ethyl adjacent to an activating group) is 1. The zero-order chi connectivity index (χ0) is 28.2. The maximum absolute atomic E-state index is 12.5. The van der Waals surface area contributed by atoms with Crippen LogP contribution < -0.4 is 9.64 Å². The first-order valence-electron chi connectivity index (χ1n) is 13.7. The van der Waals surface area contributed by atoms with Gasteiger partial charge in [0.2, 0.25) is 12.5 Å². The molecule has 9 heteroatoms. The van der Waals surface area contributed by atoms with E-state index in [9.17, 15) is 4.79 Å². The minimum absolute atomic E-state index is 0.146. The van der Waals surface area contributed by atoms with Gasteiger partial charge in [-0.15, -0.1) is 0 Å². The molecule has 3 aromatic rings. The van der Waals surface area contributed by atoms with Crippen molar-refractivity contribution in [1.29, 1.82) is 0 Å². The van der Waals surface area contributed by atoms with Crippen molar-refractivity contribution in [2.45, 2.75) is 38.1 Å². The van der Waals surface area contributed by atoms with E-state index in [1.807, 2.05) is 20.2 Å². The summed E-state index contributed by atoms with van der Waals surface area (Å²) in [7, 11) is 4.03. The molecule has 3 atom stereocenters. The van der Waals surface area contributed by atoms with E-state index >= 15 is 0 Å². The van der Waals surface area contributed by atoms with Crippen molar-refractivity contribution in [3.05, 3.63) is 83.4 Å². The second-order valence-corrected chi connectivity index (χ2v) is 10.6. The van der Waals surface area contributed by atoms with Gasteiger partial charge in [-0.05, 0) is 43.4 Å². The third kappa shape index (κ3) is 5.64. The maximum atomic E-state index is 12.5. The predicted octanol–water partition coefficient (Wildman–Crippen LogP) is 3.90. The molecule has 1 saturated heterocycles. The van der Waals surface area contributed by atoms with Gasteiger partial charge in [0, 0.05) is 37.7 Å². The van der Waals surface area contributed by atoms with Gasteiger partial charge in [-0.3, -0.25) is 4.79 Å². The van der Waals surface area contributed by atoms with Crippen LogP contribution in [0.2, 0.25) is 0 Å². The lowest BCUT2D eigenvalue weighted by Gasteiger charge is -2.40. The van der Waals surface area contributed by atoms with Gasteiger partial charge in [0.25, 0.3) is 0 Å². The highest BCUT2D eigenvalue weighted by molar-refractivity contribution is 5.87. The largest absolute Gasteiger partial charge is 0.462 e. The highest BCUT2D eigenvalue weighted by Gasteiger charge is 2.35. The summed E-state index contributed by atoms with van der Waals surface area (Å²) in [6.45, 7) is 15.8. The number of amides is 1. The van der Waals surface area contributed by atoms with Crippen molar-refractivity contribution >= 4 is 22.5 Å². The summed E-state index contributed by atoms with van der Waals surface area (Å²) < 4.78 is 12.6. The molecule has 0 radical (unpaired) electrons. The number of piperazine rings is 1. The van der Waals surface area contributed by atoms with E-state index in [-0.39, 0.29) is 30.6 Å². The summed E-state index contributed by atoms with van der Waals surface area (Å²) in [4.78, 5) is 31.8. The van der Waals surface area contributed by atoms with Crippen LogP contribution in [0.25, 0.3) is 15.6 Å². The molecular weight excluding hydrogens is 504 g/mol. The van der Waals surface area contributed by atoms with E-state index in [1.165, 1.54) is 16.8 Å². The smallest absolute Gasteiger partial charge is 0.318 e. The molecule has 1 amide bonds. The molecule has 1 unspecified atom stereocenters. The normalized spacial score (nSPS) is 19.7. The number of benzene rings is 2. The Morgan fingerprint density at radius 1 is 1.25 bits per heavy atom. The number of nitrogens with zero attached hydrogens (tertiary/aromatic N) is 6. The summed E-state index contributed by atoms with van der Waals surface area (Å²) in [5, 5.41) is 2.35. The van der Waals surface area contributed by atoms with Gasteiger partial charge in [0.05, 0.1) is 18.4 Å². The second kappa shape index (κ2) is 12.0. The average molecular weight is 541 g/mol. The number of hydrogen-bond acceptors (Lipinski definition) is 7. The maximum Gasteiger partial charge on any atom is 0.318 e. The highest BCUT2D eigenvalue weighted by atomic mass is 16.5. The summed E-state index contributed by atoms with van der Waals surface area (Å²) in [6, 6.07) is 14.9. The first-order valence-corrected chi connectivity index (χ1v) is 13.7. The van der Waals surface area contributed by atoms with Crippen LogP contribution in [-0.4, -0.2) is 84.6 Å². The molecule has 1 aromatic heterocycles. The molecular formula is C31H36N6O3. The van der Waals surface area contributed by atoms with Crippen molar-refractivity contribution in [2.75, 3.05) is 51.8 Å². The standard InChI is InChI=1S/C31H36N6O3/c1-6-29(38)37-15-14-36(18-23(37)17-32-3)30-26-20-39-28(25-13-9-11-22-10-7-8-12-24(22)25)16-27(26)33-31(34-30)40-19-21(2)35(4)5/h6-13,21,23,28H,1,14-20H2,2,4-5H3/t21-,23-,28?/m0/s1. The topological polar surface area (TPSA) is 75.4 Å². The lowest BCUT2D eigenvalue weighted by atomic mass is 9.94. The van der Waals surface area contributed by atoms with E-state index in [0.717, 1.165) is 22.6 Å². The fourth-order valence-electron chi connectivity index (χ4n) is 5.35. The Morgan fingerprint density at radius 2 is 2.05 bits per heavy atom. The van der Waals surface area contributed by atoms with Crippen LogP contribution in [0.4, 0.5) is 5.82 Å². The Morgan fingerprint density at radius 3 is 2.83 bits per heavy atom. The van der Waals surface area contributed by atoms with E-state index < -0.39 is 0 Å². The van der Waals surface area contributed by atoms with Crippen molar-refractivity contribution in [3.8, 4) is 6.01 Å². The van der Waals surface area contributed by atoms with Crippen molar-refractivity contribution in [3.63, 3.8) is 0 Å². The third-order valence-corrected chi connectivity index (χ3v) is 7.91. The third-order valence-electron chi connectivity index (χ3n) is 7.91. The molecule has 2 aromatic carbocycles. The second-order valence-electron chi connectivity index (χ2n) is 10.6. The lowest BCUT2D eigenvalue weighted by Crippen LogP contribution is -2.56. The number of aromatic nitrogens is 2. The molecule has 0 aliphatic carbocycles. The fraction of sp³-hybridized carbons (Fsp3) is 0.419. The van der Waals surface area contributed by atoms with Crippen LogP contribution in [-0.2, 0) is 22.6 Å². The van der Waals surface area contributed by atoms with Crippen LogP contribution in [0.1, 0.15) is 29.8 Å². The van der Waals surface area contributed by atoms with E-state index in [4.69, 9.17) is 26.0 Å². The van der Waals surface area contributed by atoms with Crippen LogP contribution in [0.15, 0.2) is 55.1 Å². The van der Waals surface area contributed by atoms with Gasteiger partial charge < -0.3 is 29.0 Å². The first kappa shape index (κ1) is 27.6. The number of fused-ring (bicyclic) bond motifs is 2. The average Bonchev–Trinajstić information content (AvgIpc) is 2.98. The quantitative estimate of drug-likeness (QED) is 0.317. The molecule has 0 bridgehead atoms. The van der Waals surface area contributed by atoms with Crippen molar-refractivity contribution < 1.29 is 14.3 Å². The molecule has 3 heterocycles. The molecule has 2 aliphatic heterocycles. The number of hydrogen-bond donors (Lipinski definition) is 0. The zero-order valence-corrected chi connectivity index (χ0v) is 23.4. The Labute approximate surface area is 235 Å². The summed E-state index contributed by atoms with van der Waals surface area (Å²) in [5.41, 5.74) is 2.99. The van der Waals surface area contributed by atoms with E-state index in [2.05, 4.69) is 64.5 Å². The predicted molar refractivity (Wildman–Crippen MR) is 155 cm³/mol. The lowest BCUT2D eigenvalue weighted by molar-refractivity contribution is -0.128. The van der Waals surface area contributed by atoms with Crippen molar-refractivity contribution in [2.24, 2.45) is 0 Å². The SMILES string of the molecule is [C-]#[N+]C[C@H]1CN(c2nc(OC[C@H](C)N(C)C)nc3c2COC(c2cccc4ccccc24)C3)CCN1C(=O)C=C. The molecule has 0 N–H and O–H groups in total. The molecule has 2 aliphatic rings. The van der Waals surface area contributed by atoms with Crippen LogP contribution in [0, 0.1) is 6.57 Å². The van der Waals surface area contributed by atoms with Crippen molar-refractivity contribution in [1.82, 2.24) is 19.8 Å².